The normalized spacial score (nSPS) is 10.2. The second-order valence-electron chi connectivity index (χ2n) is 4.95. The Bertz CT molecular complexity index is 849. The molecule has 1 amide bonds. The van der Waals surface area contributed by atoms with Crippen LogP contribution in [0.2, 0.25) is 10.0 Å². The van der Waals surface area contributed by atoms with Crippen LogP contribution in [0.3, 0.4) is 0 Å². The van der Waals surface area contributed by atoms with Crippen LogP contribution in [0, 0.1) is 6.07 Å². The molecule has 24 heavy (non-hydrogen) atoms. The van der Waals surface area contributed by atoms with E-state index in [1.165, 1.54) is 6.07 Å². The zero-order valence-electron chi connectivity index (χ0n) is 12.4. The van der Waals surface area contributed by atoms with Gasteiger partial charge in [0.25, 0.3) is 5.91 Å². The number of halogens is 2. The lowest BCUT2D eigenvalue weighted by Crippen LogP contribution is -2.11. The van der Waals surface area contributed by atoms with E-state index in [9.17, 15) is 4.79 Å². The molecule has 1 radical (unpaired) electrons. The van der Waals surface area contributed by atoms with Gasteiger partial charge in [-0.15, -0.1) is 0 Å². The van der Waals surface area contributed by atoms with Crippen LogP contribution in [0.1, 0.15) is 10.4 Å². The highest BCUT2D eigenvalue weighted by atomic mass is 35.5. The smallest absolute Gasteiger partial charge is 0.255 e. The summed E-state index contributed by atoms with van der Waals surface area (Å²) >= 11 is 11.8. The molecule has 3 aromatic carbocycles. The number of nitrogens with one attached hydrogen (secondary N) is 1. The molecule has 3 nitrogen and oxygen atoms in total. The van der Waals surface area contributed by atoms with Crippen LogP contribution >= 0.6 is 23.2 Å². The van der Waals surface area contributed by atoms with Gasteiger partial charge < -0.3 is 10.1 Å². The fraction of sp³-hybridized carbons (Fsp3) is 0. The summed E-state index contributed by atoms with van der Waals surface area (Å²) in [6.45, 7) is 0. The van der Waals surface area contributed by atoms with Gasteiger partial charge >= 0.3 is 0 Å². The third kappa shape index (κ3) is 4.07. The second-order valence-corrected chi connectivity index (χ2v) is 5.76. The molecule has 1 N–H and O–H groups in total. The summed E-state index contributed by atoms with van der Waals surface area (Å²) in [5.41, 5.74) is 1.09. The van der Waals surface area contributed by atoms with E-state index in [4.69, 9.17) is 27.9 Å². The lowest BCUT2D eigenvalue weighted by molar-refractivity contribution is 0.102. The van der Waals surface area contributed by atoms with Crippen LogP contribution < -0.4 is 10.1 Å². The average Bonchev–Trinajstić information content (AvgIpc) is 2.60. The molecule has 0 fully saturated rings. The van der Waals surface area contributed by atoms with Gasteiger partial charge in [-0.05, 0) is 60.7 Å². The van der Waals surface area contributed by atoms with Gasteiger partial charge in [0, 0.05) is 11.3 Å². The Labute approximate surface area is 149 Å². The summed E-state index contributed by atoms with van der Waals surface area (Å²) in [5, 5.41) is 3.55. The van der Waals surface area contributed by atoms with E-state index in [2.05, 4.69) is 11.4 Å². The van der Waals surface area contributed by atoms with Crippen LogP contribution in [0.25, 0.3) is 0 Å². The third-order valence-electron chi connectivity index (χ3n) is 3.22. The Morgan fingerprint density at radius 2 is 1.54 bits per heavy atom. The first-order chi connectivity index (χ1) is 11.6. The number of anilines is 1. The van der Waals surface area contributed by atoms with Crippen molar-refractivity contribution in [3.05, 3.63) is 88.4 Å². The quantitative estimate of drug-likeness (QED) is 0.637. The van der Waals surface area contributed by atoms with Crippen molar-refractivity contribution >= 4 is 34.8 Å². The fourth-order valence-corrected chi connectivity index (χ4v) is 2.32. The van der Waals surface area contributed by atoms with Gasteiger partial charge in [0.05, 0.1) is 10.0 Å². The minimum Gasteiger partial charge on any atom is -0.457 e. The van der Waals surface area contributed by atoms with Crippen molar-refractivity contribution in [1.29, 1.82) is 0 Å². The molecule has 0 atom stereocenters. The highest BCUT2D eigenvalue weighted by Gasteiger charge is 2.08. The number of carbonyl (C=O) groups is 1. The summed E-state index contributed by atoms with van der Waals surface area (Å²) in [5.74, 6) is 1.14. The second kappa shape index (κ2) is 7.39. The maximum atomic E-state index is 12.2. The summed E-state index contributed by atoms with van der Waals surface area (Å²) in [4.78, 5) is 12.2. The molecule has 3 rings (SSSR count). The van der Waals surface area contributed by atoms with Crippen LogP contribution in [-0.2, 0) is 0 Å². The molecule has 5 heteroatoms. The van der Waals surface area contributed by atoms with Gasteiger partial charge in [-0.3, -0.25) is 4.79 Å². The first-order valence-electron chi connectivity index (χ1n) is 7.12. The van der Waals surface area contributed by atoms with E-state index in [-0.39, 0.29) is 5.91 Å². The largest absolute Gasteiger partial charge is 0.457 e. The van der Waals surface area contributed by atoms with E-state index in [0.717, 1.165) is 5.75 Å². The van der Waals surface area contributed by atoms with Gasteiger partial charge in [-0.25, -0.2) is 0 Å². The molecule has 0 aliphatic heterocycles. The van der Waals surface area contributed by atoms with Gasteiger partial charge in [0.15, 0.2) is 0 Å². The Morgan fingerprint density at radius 3 is 2.21 bits per heavy atom. The maximum absolute atomic E-state index is 12.2. The van der Waals surface area contributed by atoms with Gasteiger partial charge in [-0.1, -0.05) is 35.3 Å². The summed E-state index contributed by atoms with van der Waals surface area (Å²) in [6.07, 6.45) is 0. The Balaban J connectivity index is 1.67. The standard InChI is InChI=1S/C19H12Cl2NO2/c20-17-11-6-13(12-18(17)21)19(23)22-14-7-9-16(10-8-14)24-15-4-2-1-3-5-15/h2-12H,(H,22,23). The molecule has 0 aromatic heterocycles. The predicted octanol–water partition coefficient (Wildman–Crippen LogP) is 5.84. The SMILES string of the molecule is O=C(Nc1ccc(Oc2cc[c]cc2)cc1)c1ccc(Cl)c(Cl)c1. The fourth-order valence-electron chi connectivity index (χ4n) is 2.02. The highest BCUT2D eigenvalue weighted by Crippen LogP contribution is 2.25. The van der Waals surface area contributed by atoms with Crippen molar-refractivity contribution in [3.63, 3.8) is 0 Å². The summed E-state index contributed by atoms with van der Waals surface area (Å²) in [7, 11) is 0. The van der Waals surface area contributed by atoms with E-state index < -0.39 is 0 Å². The maximum Gasteiger partial charge on any atom is 0.255 e. The van der Waals surface area contributed by atoms with Crippen molar-refractivity contribution in [2.75, 3.05) is 5.32 Å². The Morgan fingerprint density at radius 1 is 0.875 bits per heavy atom. The number of rotatable bonds is 4. The Kier molecular flexibility index (Phi) is 5.04. The topological polar surface area (TPSA) is 38.3 Å². The first-order valence-corrected chi connectivity index (χ1v) is 7.88. The molecule has 0 saturated heterocycles. The number of ether oxygens (including phenoxy) is 1. The van der Waals surface area contributed by atoms with Crippen molar-refractivity contribution < 1.29 is 9.53 Å². The number of hydrogen-bond donors (Lipinski definition) is 1. The van der Waals surface area contributed by atoms with Crippen LogP contribution in [0.5, 0.6) is 11.5 Å². The monoisotopic (exact) mass is 356 g/mol. The van der Waals surface area contributed by atoms with E-state index in [1.54, 1.807) is 48.5 Å². The van der Waals surface area contributed by atoms with Gasteiger partial charge in [-0.2, -0.15) is 0 Å². The minimum absolute atomic E-state index is 0.263. The molecule has 0 aliphatic rings. The molecule has 3 aromatic rings. The van der Waals surface area contributed by atoms with Crippen molar-refractivity contribution in [2.24, 2.45) is 0 Å². The van der Waals surface area contributed by atoms with Gasteiger partial charge in [0.1, 0.15) is 11.5 Å². The van der Waals surface area contributed by atoms with Crippen molar-refractivity contribution in [1.82, 2.24) is 0 Å². The van der Waals surface area contributed by atoms with Crippen molar-refractivity contribution in [3.8, 4) is 11.5 Å². The number of hydrogen-bond acceptors (Lipinski definition) is 2. The van der Waals surface area contributed by atoms with Crippen LogP contribution in [0.15, 0.2) is 66.7 Å². The number of amides is 1. The van der Waals surface area contributed by atoms with Crippen LogP contribution in [0.4, 0.5) is 5.69 Å². The molecule has 0 spiro atoms. The van der Waals surface area contributed by atoms with Crippen molar-refractivity contribution in [2.45, 2.75) is 0 Å². The van der Waals surface area contributed by atoms with Crippen LogP contribution in [-0.4, -0.2) is 5.91 Å². The first kappa shape index (κ1) is 16.4. The zero-order valence-corrected chi connectivity index (χ0v) is 13.9. The average molecular weight is 357 g/mol. The Hall–Kier alpha value is -2.49. The zero-order chi connectivity index (χ0) is 16.9. The lowest BCUT2D eigenvalue weighted by atomic mass is 10.2. The molecule has 0 unspecified atom stereocenters. The molecular weight excluding hydrogens is 345 g/mol. The molecule has 0 heterocycles. The minimum atomic E-state index is -0.263. The predicted molar refractivity (Wildman–Crippen MR) is 96.2 cm³/mol. The number of benzene rings is 3. The van der Waals surface area contributed by atoms with E-state index >= 15 is 0 Å². The summed E-state index contributed by atoms with van der Waals surface area (Å²) < 4.78 is 5.69. The van der Waals surface area contributed by atoms with E-state index in [1.807, 2.05) is 12.1 Å². The molecule has 0 aliphatic carbocycles. The lowest BCUT2D eigenvalue weighted by Gasteiger charge is -2.08. The molecule has 0 saturated carbocycles. The highest BCUT2D eigenvalue weighted by molar-refractivity contribution is 6.42. The van der Waals surface area contributed by atoms with Gasteiger partial charge in [0.2, 0.25) is 0 Å². The molecular formula is C19H12Cl2NO2. The molecule has 0 bridgehead atoms. The van der Waals surface area contributed by atoms with E-state index in [0.29, 0.717) is 27.0 Å². The number of carbonyl (C=O) groups excluding carboxylic acids is 1. The summed E-state index contributed by atoms with van der Waals surface area (Å²) in [6, 6.07) is 21.9. The molecule has 119 valence electrons. The third-order valence-corrected chi connectivity index (χ3v) is 3.96.